The highest BCUT2D eigenvalue weighted by Gasteiger charge is 2.50. The Labute approximate surface area is 151 Å². The van der Waals surface area contributed by atoms with Gasteiger partial charge in [-0.25, -0.2) is 0 Å². The molecule has 0 rings (SSSR count). The SMILES string of the molecule is CC(C)[Si](O[Si](O[Si](C(C)C)C(C)C)(C(C)C)C(C)C)C(C)C. The lowest BCUT2D eigenvalue weighted by molar-refractivity contribution is 0.339. The molecule has 0 heterocycles. The van der Waals surface area contributed by atoms with E-state index in [0.717, 1.165) is 0 Å². The van der Waals surface area contributed by atoms with Crippen molar-refractivity contribution in [3.63, 3.8) is 0 Å². The molecule has 0 aliphatic carbocycles. The monoisotopic (exact) mass is 374 g/mol. The van der Waals surface area contributed by atoms with Gasteiger partial charge in [-0.3, -0.25) is 0 Å². The van der Waals surface area contributed by atoms with Crippen molar-refractivity contribution in [2.75, 3.05) is 0 Å². The molecule has 2 nitrogen and oxygen atoms in total. The van der Waals surface area contributed by atoms with E-state index < -0.39 is 26.6 Å². The Kier molecular flexibility index (Phi) is 10.1. The van der Waals surface area contributed by atoms with Gasteiger partial charge in [0.25, 0.3) is 0 Å². The van der Waals surface area contributed by atoms with Crippen molar-refractivity contribution in [3.8, 4) is 0 Å². The fraction of sp³-hybridized carbons (Fsp3) is 1.00. The Morgan fingerprint density at radius 2 is 0.696 bits per heavy atom. The minimum absolute atomic E-state index is 0.498. The van der Waals surface area contributed by atoms with E-state index >= 15 is 0 Å². The zero-order valence-electron chi connectivity index (χ0n) is 17.8. The van der Waals surface area contributed by atoms with Gasteiger partial charge in [0.05, 0.1) is 0 Å². The van der Waals surface area contributed by atoms with Gasteiger partial charge in [0, 0.05) is 0 Å². The van der Waals surface area contributed by atoms with E-state index in [1.807, 2.05) is 0 Å². The van der Waals surface area contributed by atoms with Gasteiger partial charge in [-0.15, -0.1) is 0 Å². The second kappa shape index (κ2) is 9.90. The average Bonchev–Trinajstić information content (AvgIpc) is 2.36. The Hall–Kier alpha value is 0.571. The first-order valence-corrected chi connectivity index (χ1v) is 14.6. The Bertz CT molecular complexity index is 280. The van der Waals surface area contributed by atoms with Crippen LogP contribution in [0.1, 0.15) is 83.1 Å². The van der Waals surface area contributed by atoms with Crippen LogP contribution in [0, 0.1) is 0 Å². The summed E-state index contributed by atoms with van der Waals surface area (Å²) in [6.07, 6.45) is 0. The normalized spacial score (nSPS) is 14.1. The zero-order valence-corrected chi connectivity index (χ0v) is 20.8. The van der Waals surface area contributed by atoms with Crippen molar-refractivity contribution >= 4 is 26.6 Å². The topological polar surface area (TPSA) is 18.5 Å². The molecule has 138 valence electrons. The molecular weight excluding hydrogens is 332 g/mol. The fourth-order valence-corrected chi connectivity index (χ4v) is 18.4. The smallest absolute Gasteiger partial charge is 0.322 e. The van der Waals surface area contributed by atoms with Gasteiger partial charge in [0.1, 0.15) is 0 Å². The molecule has 2 radical (unpaired) electrons. The zero-order chi connectivity index (χ0) is 18.5. The van der Waals surface area contributed by atoms with Crippen molar-refractivity contribution in [3.05, 3.63) is 0 Å². The lowest BCUT2D eigenvalue weighted by Gasteiger charge is -2.45. The molecule has 0 aromatic carbocycles. The van der Waals surface area contributed by atoms with Crippen LogP contribution in [0.25, 0.3) is 0 Å². The standard InChI is InChI=1S/C18H42O2Si3/c1-13(2)21(14(3)4)19-23(17(9)10,18(11)12)20-22(15(5)6)16(7)8/h13-18H,1-12H3. The molecule has 0 aliphatic rings. The highest BCUT2D eigenvalue weighted by atomic mass is 28.5. The summed E-state index contributed by atoms with van der Waals surface area (Å²) < 4.78 is 14.1. The largest absolute Gasteiger partial charge is 0.435 e. The third-order valence-electron chi connectivity index (χ3n) is 4.44. The predicted octanol–water partition coefficient (Wildman–Crippen LogP) is 6.90. The molecule has 0 unspecified atom stereocenters. The maximum absolute atomic E-state index is 7.06. The van der Waals surface area contributed by atoms with Gasteiger partial charge in [-0.05, 0) is 33.2 Å². The highest BCUT2D eigenvalue weighted by molar-refractivity contribution is 6.83. The molecule has 0 aromatic heterocycles. The van der Waals surface area contributed by atoms with Crippen LogP contribution in [-0.4, -0.2) is 26.6 Å². The Balaban J connectivity index is 5.73. The lowest BCUT2D eigenvalue weighted by atomic mass is 10.5. The summed E-state index contributed by atoms with van der Waals surface area (Å²) in [5, 5.41) is 0. The number of hydrogen-bond acceptors (Lipinski definition) is 2. The van der Waals surface area contributed by atoms with E-state index in [0.29, 0.717) is 33.2 Å². The minimum Gasteiger partial charge on any atom is -0.435 e. The fourth-order valence-electron chi connectivity index (χ4n) is 3.33. The number of rotatable bonds is 10. The van der Waals surface area contributed by atoms with E-state index in [4.69, 9.17) is 8.23 Å². The molecule has 0 N–H and O–H groups in total. The summed E-state index contributed by atoms with van der Waals surface area (Å²) in [5.74, 6) is 0. The Morgan fingerprint density at radius 1 is 0.478 bits per heavy atom. The summed E-state index contributed by atoms with van der Waals surface area (Å²) in [5.41, 5.74) is 3.50. The molecule has 0 saturated carbocycles. The summed E-state index contributed by atoms with van der Waals surface area (Å²) in [6.45, 7) is 27.9. The molecule has 0 atom stereocenters. The van der Waals surface area contributed by atoms with E-state index in [-0.39, 0.29) is 0 Å². The van der Waals surface area contributed by atoms with Crippen molar-refractivity contribution < 1.29 is 8.23 Å². The summed E-state index contributed by atoms with van der Waals surface area (Å²) in [6, 6.07) is 0. The molecule has 0 spiro atoms. The van der Waals surface area contributed by atoms with Crippen LogP contribution in [-0.2, 0) is 8.23 Å². The van der Waals surface area contributed by atoms with Gasteiger partial charge in [-0.2, -0.15) is 0 Å². The maximum Gasteiger partial charge on any atom is 0.322 e. The van der Waals surface area contributed by atoms with Gasteiger partial charge >= 0.3 is 8.56 Å². The minimum atomic E-state index is -2.24. The average molecular weight is 375 g/mol. The molecule has 0 fully saturated rings. The third-order valence-corrected chi connectivity index (χ3v) is 16.6. The van der Waals surface area contributed by atoms with Gasteiger partial charge in [0.2, 0.25) is 18.1 Å². The van der Waals surface area contributed by atoms with Crippen LogP contribution in [0.3, 0.4) is 0 Å². The van der Waals surface area contributed by atoms with E-state index in [2.05, 4.69) is 83.1 Å². The van der Waals surface area contributed by atoms with Crippen LogP contribution in [0.4, 0.5) is 0 Å². The van der Waals surface area contributed by atoms with Crippen LogP contribution < -0.4 is 0 Å². The summed E-state index contributed by atoms with van der Waals surface area (Å²) in [4.78, 5) is 0. The second-order valence-electron chi connectivity index (χ2n) is 8.66. The first-order valence-electron chi connectivity index (χ1n) is 9.48. The molecule has 0 aliphatic heterocycles. The van der Waals surface area contributed by atoms with Crippen LogP contribution in [0.15, 0.2) is 0 Å². The molecule has 0 saturated heterocycles. The van der Waals surface area contributed by atoms with Crippen LogP contribution in [0.2, 0.25) is 33.2 Å². The van der Waals surface area contributed by atoms with Crippen molar-refractivity contribution in [1.29, 1.82) is 0 Å². The lowest BCUT2D eigenvalue weighted by Crippen LogP contribution is -2.56. The third kappa shape index (κ3) is 6.42. The number of hydrogen-bond donors (Lipinski definition) is 0. The Morgan fingerprint density at radius 3 is 0.826 bits per heavy atom. The first kappa shape index (κ1) is 23.6. The van der Waals surface area contributed by atoms with Crippen molar-refractivity contribution in [1.82, 2.24) is 0 Å². The van der Waals surface area contributed by atoms with Gasteiger partial charge in [0.15, 0.2) is 0 Å². The van der Waals surface area contributed by atoms with E-state index in [9.17, 15) is 0 Å². The van der Waals surface area contributed by atoms with Crippen LogP contribution >= 0.6 is 0 Å². The molecule has 5 heteroatoms. The van der Waals surface area contributed by atoms with Crippen LogP contribution in [0.5, 0.6) is 0 Å². The molecule has 23 heavy (non-hydrogen) atoms. The van der Waals surface area contributed by atoms with Gasteiger partial charge < -0.3 is 8.23 Å². The molecule has 0 bridgehead atoms. The molecule has 0 amide bonds. The molecule has 0 aromatic rings. The van der Waals surface area contributed by atoms with E-state index in [1.54, 1.807) is 0 Å². The van der Waals surface area contributed by atoms with Crippen molar-refractivity contribution in [2.24, 2.45) is 0 Å². The summed E-state index contributed by atoms with van der Waals surface area (Å²) >= 11 is 0. The van der Waals surface area contributed by atoms with E-state index in [1.165, 1.54) is 0 Å². The van der Waals surface area contributed by atoms with Crippen molar-refractivity contribution in [2.45, 2.75) is 116 Å². The quantitative estimate of drug-likeness (QED) is 0.387. The first-order chi connectivity index (χ1) is 10.4. The predicted molar refractivity (Wildman–Crippen MR) is 110 cm³/mol. The highest BCUT2D eigenvalue weighted by Crippen LogP contribution is 2.41. The van der Waals surface area contributed by atoms with Gasteiger partial charge in [-0.1, -0.05) is 83.1 Å². The maximum atomic E-state index is 7.06. The molecular formula is C18H42O2Si3. The summed E-state index contributed by atoms with van der Waals surface area (Å²) in [7, 11) is -3.97. The second-order valence-corrected chi connectivity index (χ2v) is 20.3.